The maximum absolute atomic E-state index is 13.3. The van der Waals surface area contributed by atoms with Crippen LogP contribution in [0.1, 0.15) is 54.9 Å². The van der Waals surface area contributed by atoms with E-state index in [0.717, 1.165) is 6.42 Å². The van der Waals surface area contributed by atoms with E-state index in [1.807, 2.05) is 34.6 Å². The number of carbonyl (C=O) groups excluding carboxylic acids is 1. The maximum atomic E-state index is 13.3. The molecule has 1 amide bonds. The van der Waals surface area contributed by atoms with Crippen molar-refractivity contribution in [1.29, 1.82) is 0 Å². The predicted octanol–water partition coefficient (Wildman–Crippen LogP) is 2.54. The summed E-state index contributed by atoms with van der Waals surface area (Å²) in [5, 5.41) is 0. The van der Waals surface area contributed by atoms with E-state index in [-0.39, 0.29) is 12.6 Å². The van der Waals surface area contributed by atoms with Crippen LogP contribution >= 0.6 is 0 Å². The minimum Gasteiger partial charge on any atom is -0.444 e. The molecule has 2 heterocycles. The van der Waals surface area contributed by atoms with Crippen LogP contribution in [0.5, 0.6) is 0 Å². The molecule has 0 aromatic rings. The molecule has 0 bridgehead atoms. The van der Waals surface area contributed by atoms with Crippen LogP contribution in [0, 0.1) is 11.8 Å². The number of ether oxygens (including phenoxy) is 1. The highest BCUT2D eigenvalue weighted by Crippen LogP contribution is 2.30. The Morgan fingerprint density at radius 3 is 2.08 bits per heavy atom. The Morgan fingerprint density at radius 1 is 1.08 bits per heavy atom. The summed E-state index contributed by atoms with van der Waals surface area (Å²) in [6.07, 6.45) is 0.671. The molecule has 2 aliphatic rings. The van der Waals surface area contributed by atoms with Gasteiger partial charge in [-0.2, -0.15) is 17.0 Å². The second-order valence-electron chi connectivity index (χ2n) is 9.56. The van der Waals surface area contributed by atoms with Crippen molar-refractivity contribution in [2.24, 2.45) is 11.8 Å². The fraction of sp³-hybridized carbons (Fsp3) is 0.944. The summed E-state index contributed by atoms with van der Waals surface area (Å²) in [5.74, 6) is 0.722. The molecule has 0 aromatic heterocycles. The Bertz CT molecular complexity index is 617. The molecular weight excluding hydrogens is 354 g/mol. The molecule has 0 radical (unpaired) electrons. The van der Waals surface area contributed by atoms with Crippen molar-refractivity contribution in [3.8, 4) is 0 Å². The van der Waals surface area contributed by atoms with Crippen molar-refractivity contribution in [3.63, 3.8) is 0 Å². The lowest BCUT2D eigenvalue weighted by Gasteiger charge is -2.48. The molecule has 8 heteroatoms. The van der Waals surface area contributed by atoms with E-state index in [1.54, 1.807) is 13.5 Å². The Balaban J connectivity index is 2.13. The molecule has 0 aromatic carbocycles. The van der Waals surface area contributed by atoms with Gasteiger partial charge in [0.05, 0.1) is 0 Å². The standard InChI is InChI=1S/C18H35N3O4S/c1-14-10-15(2)12-20(11-14)26(23,24)21-9-8-19(13-18(21,6)7)16(22)25-17(3,4)5/h14-15H,8-13H2,1-7H3/t14-,15-/m1/s1. The molecule has 26 heavy (non-hydrogen) atoms. The smallest absolute Gasteiger partial charge is 0.410 e. The Labute approximate surface area is 158 Å². The SMILES string of the molecule is C[C@@H]1C[C@@H](C)CN(S(=O)(=O)N2CCN(C(=O)OC(C)(C)C)CC2(C)C)C1. The number of piperidine rings is 1. The zero-order chi connectivity index (χ0) is 19.9. The Hall–Kier alpha value is -0.860. The fourth-order valence-corrected chi connectivity index (χ4v) is 6.14. The Morgan fingerprint density at radius 2 is 1.62 bits per heavy atom. The first kappa shape index (κ1) is 21.4. The van der Waals surface area contributed by atoms with E-state index in [0.29, 0.717) is 38.0 Å². The highest BCUT2D eigenvalue weighted by molar-refractivity contribution is 7.86. The normalized spacial score (nSPS) is 28.8. The number of carbonyl (C=O) groups is 1. The molecule has 7 nitrogen and oxygen atoms in total. The summed E-state index contributed by atoms with van der Waals surface area (Å²) < 4.78 is 35.2. The second kappa shape index (κ2) is 7.28. The van der Waals surface area contributed by atoms with Gasteiger partial charge < -0.3 is 9.64 Å². The molecule has 2 atom stereocenters. The van der Waals surface area contributed by atoms with Crippen LogP contribution in [0.2, 0.25) is 0 Å². The van der Waals surface area contributed by atoms with Crippen LogP contribution in [-0.2, 0) is 14.9 Å². The number of hydrogen-bond acceptors (Lipinski definition) is 4. The van der Waals surface area contributed by atoms with Crippen LogP contribution in [-0.4, -0.2) is 71.9 Å². The fourth-order valence-electron chi connectivity index (χ4n) is 3.98. The molecule has 0 aliphatic carbocycles. The van der Waals surface area contributed by atoms with E-state index in [9.17, 15) is 13.2 Å². The minimum atomic E-state index is -3.55. The molecule has 2 aliphatic heterocycles. The zero-order valence-corrected chi connectivity index (χ0v) is 18.1. The van der Waals surface area contributed by atoms with Gasteiger partial charge in [-0.1, -0.05) is 13.8 Å². The van der Waals surface area contributed by atoms with Crippen molar-refractivity contribution in [3.05, 3.63) is 0 Å². The lowest BCUT2D eigenvalue weighted by atomic mass is 9.94. The van der Waals surface area contributed by atoms with Crippen molar-refractivity contribution < 1.29 is 17.9 Å². The van der Waals surface area contributed by atoms with Gasteiger partial charge in [0.1, 0.15) is 5.60 Å². The summed E-state index contributed by atoms with van der Waals surface area (Å²) in [6, 6.07) is 0. The van der Waals surface area contributed by atoms with Crippen LogP contribution in [0.3, 0.4) is 0 Å². The van der Waals surface area contributed by atoms with Crippen molar-refractivity contribution in [2.45, 2.75) is 66.0 Å². The first-order valence-electron chi connectivity index (χ1n) is 9.48. The molecule has 0 N–H and O–H groups in total. The molecule has 0 saturated carbocycles. The van der Waals surface area contributed by atoms with E-state index >= 15 is 0 Å². The van der Waals surface area contributed by atoms with Gasteiger partial charge in [0, 0.05) is 38.3 Å². The first-order chi connectivity index (χ1) is 11.7. The highest BCUT2D eigenvalue weighted by atomic mass is 32.2. The predicted molar refractivity (Wildman–Crippen MR) is 102 cm³/mol. The minimum absolute atomic E-state index is 0.286. The van der Waals surface area contributed by atoms with Crippen LogP contribution in [0.15, 0.2) is 0 Å². The van der Waals surface area contributed by atoms with E-state index in [4.69, 9.17) is 4.74 Å². The average Bonchev–Trinajstić information content (AvgIpc) is 2.42. The summed E-state index contributed by atoms with van der Waals surface area (Å²) in [4.78, 5) is 14.0. The number of rotatable bonds is 2. The van der Waals surface area contributed by atoms with Gasteiger partial charge in [-0.15, -0.1) is 0 Å². The van der Waals surface area contributed by atoms with Gasteiger partial charge in [-0.3, -0.25) is 0 Å². The molecule has 152 valence electrons. The lowest BCUT2D eigenvalue weighted by molar-refractivity contribution is 0.00222. The largest absolute Gasteiger partial charge is 0.444 e. The van der Waals surface area contributed by atoms with Gasteiger partial charge in [0.15, 0.2) is 0 Å². The average molecular weight is 390 g/mol. The summed E-state index contributed by atoms with van der Waals surface area (Å²) >= 11 is 0. The third kappa shape index (κ3) is 4.89. The third-order valence-electron chi connectivity index (χ3n) is 4.92. The van der Waals surface area contributed by atoms with Gasteiger partial charge in [-0.25, -0.2) is 4.79 Å². The monoisotopic (exact) mass is 389 g/mol. The lowest BCUT2D eigenvalue weighted by Crippen LogP contribution is -2.65. The number of piperazine rings is 1. The van der Waals surface area contributed by atoms with Crippen molar-refractivity contribution in [2.75, 3.05) is 32.7 Å². The summed E-state index contributed by atoms with van der Waals surface area (Å²) in [7, 11) is -3.55. The van der Waals surface area contributed by atoms with Gasteiger partial charge in [0.2, 0.25) is 0 Å². The molecule has 0 spiro atoms. The van der Waals surface area contributed by atoms with Gasteiger partial charge >= 0.3 is 6.09 Å². The van der Waals surface area contributed by atoms with Crippen molar-refractivity contribution in [1.82, 2.24) is 13.5 Å². The second-order valence-corrected chi connectivity index (χ2v) is 11.4. The molecule has 2 fully saturated rings. The number of amides is 1. The summed E-state index contributed by atoms with van der Waals surface area (Å²) in [6.45, 7) is 15.5. The van der Waals surface area contributed by atoms with E-state index < -0.39 is 21.3 Å². The van der Waals surface area contributed by atoms with Gasteiger partial charge in [-0.05, 0) is 52.9 Å². The van der Waals surface area contributed by atoms with E-state index in [2.05, 4.69) is 13.8 Å². The topological polar surface area (TPSA) is 70.2 Å². The van der Waals surface area contributed by atoms with Crippen LogP contribution in [0.25, 0.3) is 0 Å². The maximum Gasteiger partial charge on any atom is 0.410 e. The molecule has 2 rings (SSSR count). The van der Waals surface area contributed by atoms with Crippen molar-refractivity contribution >= 4 is 16.3 Å². The highest BCUT2D eigenvalue weighted by Gasteiger charge is 2.46. The van der Waals surface area contributed by atoms with Crippen LogP contribution < -0.4 is 0 Å². The molecular formula is C18H35N3O4S. The van der Waals surface area contributed by atoms with Crippen LogP contribution in [0.4, 0.5) is 4.79 Å². The third-order valence-corrected chi connectivity index (χ3v) is 7.10. The number of nitrogens with zero attached hydrogens (tertiary/aromatic N) is 3. The quantitative estimate of drug-likeness (QED) is 0.728. The molecule has 2 saturated heterocycles. The Kier molecular flexibility index (Phi) is 6.00. The zero-order valence-electron chi connectivity index (χ0n) is 17.3. The molecule has 0 unspecified atom stereocenters. The van der Waals surface area contributed by atoms with E-state index in [1.165, 1.54) is 0 Å². The number of hydrogen-bond donors (Lipinski definition) is 0. The first-order valence-corrected chi connectivity index (χ1v) is 10.9. The summed E-state index contributed by atoms with van der Waals surface area (Å²) in [5.41, 5.74) is -1.25. The van der Waals surface area contributed by atoms with Gasteiger partial charge in [0.25, 0.3) is 10.2 Å².